The second kappa shape index (κ2) is 18.7. The van der Waals surface area contributed by atoms with Crippen molar-refractivity contribution in [3.63, 3.8) is 0 Å². The Bertz CT molecular complexity index is 3480. The number of hydrogen-bond acceptors (Lipinski definition) is 0. The molecule has 0 amide bonds. The van der Waals surface area contributed by atoms with E-state index in [4.69, 9.17) is 0 Å². The Balaban J connectivity index is 1.12. The molecule has 0 aliphatic heterocycles. The third kappa shape index (κ3) is 8.05. The van der Waals surface area contributed by atoms with Gasteiger partial charge in [0.05, 0.1) is 5.41 Å². The Morgan fingerprint density at radius 3 is 0.918 bits per heavy atom. The first-order valence-electron chi connectivity index (χ1n) is 25.1. The minimum Gasteiger partial charge on any atom is -0.0689 e. The smallest absolute Gasteiger partial charge is 0.0689 e. The fourth-order valence-corrected chi connectivity index (χ4v) is 11.3. The Morgan fingerprint density at radius 2 is 0.521 bits per heavy atom. The largest absolute Gasteiger partial charge is 0.0714 e. The zero-order valence-electron chi connectivity index (χ0n) is 40.2. The van der Waals surface area contributed by atoms with Gasteiger partial charge in [0, 0.05) is 5.56 Å². The lowest BCUT2D eigenvalue weighted by molar-refractivity contribution is 0.770. The highest BCUT2D eigenvalue weighted by molar-refractivity contribution is 5.90. The Labute approximate surface area is 428 Å². The van der Waals surface area contributed by atoms with Gasteiger partial charge in [-0.15, -0.1) is 0 Å². The van der Waals surface area contributed by atoms with E-state index in [1.54, 1.807) is 0 Å². The average molecular weight is 925 g/mol. The van der Waals surface area contributed by atoms with Gasteiger partial charge in [-0.25, -0.2) is 0 Å². The summed E-state index contributed by atoms with van der Waals surface area (Å²) in [6, 6.07) is 114. The number of rotatable bonds is 10. The van der Waals surface area contributed by atoms with Gasteiger partial charge in [-0.05, 0) is 184 Å². The van der Waals surface area contributed by atoms with E-state index in [1.807, 2.05) is 0 Å². The van der Waals surface area contributed by atoms with E-state index in [0.717, 1.165) is 55.6 Å². The number of benzene rings is 11. The normalized spacial score (nSPS) is 12.1. The molecule has 0 heteroatoms. The standard InChI is InChI=1S/C73H48/c1-5-21-51(22-6-1)55-29-17-33-59(41-55)63-45-64(60-34-18-30-56(42-60)52-23-7-2-8-24-52)48-67(47-63)73(71-39-15-13-37-69(71)70-38-14-16-40-72(70)73)68-49-65(61-35-19-31-57(43-61)53-25-9-3-10-26-53)46-66(50-68)62-36-20-32-58(44-62)54-27-11-4-12-28-54/h1-19,21-31,33-50H. The van der Waals surface area contributed by atoms with Crippen molar-refractivity contribution >= 4 is 0 Å². The molecule has 0 heterocycles. The van der Waals surface area contributed by atoms with Crippen LogP contribution in [0.15, 0.2) is 291 Å². The molecule has 0 fully saturated rings. The maximum absolute atomic E-state index is 3.44. The van der Waals surface area contributed by atoms with Crippen LogP contribution in [0.1, 0.15) is 22.3 Å². The lowest BCUT2D eigenvalue weighted by Gasteiger charge is -2.35. The second-order valence-electron chi connectivity index (χ2n) is 19.1. The van der Waals surface area contributed by atoms with Crippen molar-refractivity contribution in [3.8, 4) is 100 Å². The summed E-state index contributed by atoms with van der Waals surface area (Å²) in [6.07, 6.45) is 0. The Morgan fingerprint density at radius 1 is 0.219 bits per heavy atom. The van der Waals surface area contributed by atoms with Crippen molar-refractivity contribution in [1.29, 1.82) is 0 Å². The van der Waals surface area contributed by atoms with Crippen LogP contribution in [0.5, 0.6) is 0 Å². The van der Waals surface area contributed by atoms with Gasteiger partial charge in [0.2, 0.25) is 0 Å². The molecule has 0 atom stereocenters. The van der Waals surface area contributed by atoms with Crippen LogP contribution in [-0.2, 0) is 5.41 Å². The molecule has 340 valence electrons. The van der Waals surface area contributed by atoms with Gasteiger partial charge >= 0.3 is 0 Å². The van der Waals surface area contributed by atoms with Gasteiger partial charge in [0.15, 0.2) is 0 Å². The predicted molar refractivity (Wildman–Crippen MR) is 305 cm³/mol. The molecule has 0 nitrogen and oxygen atoms in total. The lowest BCUT2D eigenvalue weighted by Crippen LogP contribution is -2.29. The fraction of sp³-hybridized carbons (Fsp3) is 0.0137. The topological polar surface area (TPSA) is 0 Å². The van der Waals surface area contributed by atoms with Crippen molar-refractivity contribution in [1.82, 2.24) is 0 Å². The summed E-state index contributed by atoms with van der Waals surface area (Å²) < 4.78 is 0. The van der Waals surface area contributed by atoms with E-state index in [0.29, 0.717) is 0 Å². The molecule has 0 unspecified atom stereocenters. The first kappa shape index (κ1) is 43.5. The second-order valence-corrected chi connectivity index (χ2v) is 19.1. The zero-order chi connectivity index (χ0) is 48.6. The Kier molecular flexibility index (Phi) is 11.1. The molecular weight excluding hydrogens is 877 g/mol. The molecule has 0 spiro atoms. The molecule has 0 bridgehead atoms. The molecule has 12 aromatic rings. The predicted octanol–water partition coefficient (Wildman–Crippen LogP) is 19.0. The molecule has 0 saturated carbocycles. The van der Waals surface area contributed by atoms with Gasteiger partial charge in [-0.1, -0.05) is 237 Å². The zero-order valence-corrected chi connectivity index (χ0v) is 40.2. The molecule has 1 aliphatic carbocycles. The van der Waals surface area contributed by atoms with Crippen molar-refractivity contribution in [2.75, 3.05) is 0 Å². The van der Waals surface area contributed by atoms with Crippen LogP contribution < -0.4 is 0 Å². The summed E-state index contributed by atoms with van der Waals surface area (Å²) in [6.45, 7) is 0. The third-order valence-electron chi connectivity index (χ3n) is 14.7. The molecule has 1 aliphatic rings. The van der Waals surface area contributed by atoms with Gasteiger partial charge in [0.25, 0.3) is 0 Å². The molecule has 12 aromatic carbocycles. The minimum absolute atomic E-state index is 0.749. The number of fused-ring (bicyclic) bond motifs is 3. The van der Waals surface area contributed by atoms with E-state index in [2.05, 4.69) is 303 Å². The first-order valence-corrected chi connectivity index (χ1v) is 25.1. The van der Waals surface area contributed by atoms with E-state index in [1.165, 1.54) is 66.8 Å². The number of hydrogen-bond donors (Lipinski definition) is 0. The molecule has 13 rings (SSSR count). The van der Waals surface area contributed by atoms with E-state index in [9.17, 15) is 0 Å². The van der Waals surface area contributed by atoms with Crippen LogP contribution in [0.4, 0.5) is 0 Å². The van der Waals surface area contributed by atoms with Crippen LogP contribution in [0.25, 0.3) is 100 Å². The van der Waals surface area contributed by atoms with Gasteiger partial charge in [-0.3, -0.25) is 0 Å². The van der Waals surface area contributed by atoms with Crippen LogP contribution in [0, 0.1) is 12.1 Å². The quantitative estimate of drug-likeness (QED) is 0.128. The highest BCUT2D eigenvalue weighted by Gasteiger charge is 2.46. The average Bonchev–Trinajstić information content (AvgIpc) is 3.79. The fourth-order valence-electron chi connectivity index (χ4n) is 11.3. The van der Waals surface area contributed by atoms with Crippen LogP contribution >= 0.6 is 0 Å². The summed E-state index contributed by atoms with van der Waals surface area (Å²) in [4.78, 5) is 0. The summed E-state index contributed by atoms with van der Waals surface area (Å²) in [7, 11) is 0. The van der Waals surface area contributed by atoms with Gasteiger partial charge in [0.1, 0.15) is 0 Å². The van der Waals surface area contributed by atoms with Gasteiger partial charge < -0.3 is 0 Å². The summed E-state index contributed by atoms with van der Waals surface area (Å²) in [5.41, 5.74) is 25.0. The Hall–Kier alpha value is -9.54. The van der Waals surface area contributed by atoms with Crippen LogP contribution in [0.2, 0.25) is 0 Å². The maximum atomic E-state index is 3.44. The van der Waals surface area contributed by atoms with Crippen molar-refractivity contribution < 1.29 is 0 Å². The van der Waals surface area contributed by atoms with Crippen LogP contribution in [-0.4, -0.2) is 0 Å². The molecule has 0 saturated heterocycles. The highest BCUT2D eigenvalue weighted by atomic mass is 14.5. The van der Waals surface area contributed by atoms with Crippen molar-refractivity contribution in [3.05, 3.63) is 326 Å². The van der Waals surface area contributed by atoms with Gasteiger partial charge in [-0.2, -0.15) is 0 Å². The van der Waals surface area contributed by atoms with Crippen molar-refractivity contribution in [2.45, 2.75) is 5.41 Å². The summed E-state index contributed by atoms with van der Waals surface area (Å²) in [5, 5.41) is 0. The lowest BCUT2D eigenvalue weighted by atomic mass is 9.66. The first-order chi connectivity index (χ1) is 36.2. The summed E-state index contributed by atoms with van der Waals surface area (Å²) >= 11 is 0. The molecule has 0 radical (unpaired) electrons. The maximum Gasteiger partial charge on any atom is 0.0714 e. The molecule has 0 aromatic heterocycles. The minimum atomic E-state index is -0.749. The van der Waals surface area contributed by atoms with E-state index < -0.39 is 5.41 Å². The highest BCUT2D eigenvalue weighted by Crippen LogP contribution is 2.58. The van der Waals surface area contributed by atoms with E-state index >= 15 is 0 Å². The van der Waals surface area contributed by atoms with E-state index in [-0.39, 0.29) is 0 Å². The molecule has 73 heavy (non-hydrogen) atoms. The SMILES string of the molecule is c1cc(-c2cc(-c3cccc(-c4ccccc4)c3)cc(C3(c4cc(-c5cccc(-c6ccccc6)c5)cc(-c5cccc(-c6ccccc6)c5)c4)c4ccccc4-c4ccccc43)c2)cc(-c2ccccc2)c#1. The van der Waals surface area contributed by atoms with Crippen molar-refractivity contribution in [2.24, 2.45) is 0 Å². The monoisotopic (exact) mass is 924 g/mol. The third-order valence-corrected chi connectivity index (χ3v) is 14.7. The molecule has 0 N–H and O–H groups in total. The van der Waals surface area contributed by atoms with Crippen LogP contribution in [0.3, 0.4) is 0 Å². The summed E-state index contributed by atoms with van der Waals surface area (Å²) in [5.74, 6) is 0. The molecular formula is C73H48.